The predicted octanol–water partition coefficient (Wildman–Crippen LogP) is 3.81. The molecule has 0 fully saturated rings. The maximum absolute atomic E-state index is 13.6. The van der Waals surface area contributed by atoms with Gasteiger partial charge >= 0.3 is 5.97 Å². The molecular formula is C26H25NO6. The molecule has 1 aliphatic carbocycles. The number of ether oxygens (including phenoxy) is 4. The molecule has 3 unspecified atom stereocenters. The maximum atomic E-state index is 13.6. The minimum Gasteiger partial charge on any atom is -0.497 e. The van der Waals surface area contributed by atoms with Gasteiger partial charge in [-0.05, 0) is 47.7 Å². The van der Waals surface area contributed by atoms with E-state index in [-0.39, 0.29) is 18.5 Å². The van der Waals surface area contributed by atoms with Gasteiger partial charge in [-0.25, -0.2) is 0 Å². The highest BCUT2D eigenvalue weighted by molar-refractivity contribution is 6.01. The quantitative estimate of drug-likeness (QED) is 0.714. The Morgan fingerprint density at radius 2 is 1.76 bits per heavy atom. The summed E-state index contributed by atoms with van der Waals surface area (Å²) in [6.07, 6.45) is 0.996. The van der Waals surface area contributed by atoms with Gasteiger partial charge in [-0.15, -0.1) is 0 Å². The zero-order valence-corrected chi connectivity index (χ0v) is 18.6. The van der Waals surface area contributed by atoms with Crippen molar-refractivity contribution in [2.75, 3.05) is 21.0 Å². The molecule has 3 aliphatic rings. The summed E-state index contributed by atoms with van der Waals surface area (Å²) in [6.45, 7) is 4.27. The van der Waals surface area contributed by atoms with Gasteiger partial charge in [0.1, 0.15) is 11.7 Å². The third kappa shape index (κ3) is 3.63. The van der Waals surface area contributed by atoms with E-state index < -0.39 is 17.8 Å². The molecule has 0 bridgehead atoms. The Hall–Kier alpha value is -3.74. The predicted molar refractivity (Wildman–Crippen MR) is 120 cm³/mol. The monoisotopic (exact) mass is 447 g/mol. The Kier molecular flexibility index (Phi) is 5.32. The van der Waals surface area contributed by atoms with Gasteiger partial charge in [0.25, 0.3) is 0 Å². The largest absolute Gasteiger partial charge is 0.497 e. The molecule has 7 nitrogen and oxygen atoms in total. The van der Waals surface area contributed by atoms with Crippen molar-refractivity contribution in [2.45, 2.75) is 24.7 Å². The van der Waals surface area contributed by atoms with Crippen molar-refractivity contribution in [3.63, 3.8) is 0 Å². The summed E-state index contributed by atoms with van der Waals surface area (Å²) < 4.78 is 21.3. The third-order valence-electron chi connectivity index (χ3n) is 6.64. The van der Waals surface area contributed by atoms with Crippen LogP contribution in [-0.4, -0.2) is 32.8 Å². The smallest absolute Gasteiger partial charge is 0.315 e. The fourth-order valence-electron chi connectivity index (χ4n) is 5.03. The average molecular weight is 447 g/mol. The van der Waals surface area contributed by atoms with Crippen molar-refractivity contribution in [1.29, 1.82) is 0 Å². The Bertz CT molecular complexity index is 1170. The highest BCUT2D eigenvalue weighted by atomic mass is 16.7. The summed E-state index contributed by atoms with van der Waals surface area (Å²) in [4.78, 5) is 26.4. The lowest BCUT2D eigenvalue weighted by molar-refractivity contribution is -0.144. The van der Waals surface area contributed by atoms with E-state index in [4.69, 9.17) is 18.9 Å². The van der Waals surface area contributed by atoms with Crippen LogP contribution in [0.25, 0.3) is 0 Å². The number of rotatable bonds is 4. The first-order chi connectivity index (χ1) is 16.0. The van der Waals surface area contributed by atoms with Gasteiger partial charge in [-0.3, -0.25) is 9.59 Å². The van der Waals surface area contributed by atoms with Crippen LogP contribution >= 0.6 is 0 Å². The molecule has 0 amide bonds. The normalized spacial score (nSPS) is 23.6. The minimum absolute atomic E-state index is 0.00800. The fraction of sp³-hybridized carbons (Fsp3) is 0.308. The summed E-state index contributed by atoms with van der Waals surface area (Å²) in [5.74, 6) is 0.367. The lowest BCUT2D eigenvalue weighted by Crippen LogP contribution is -2.42. The number of esters is 1. The molecule has 7 heteroatoms. The number of allylic oxidation sites excluding steroid dienone is 2. The van der Waals surface area contributed by atoms with Gasteiger partial charge in [0.15, 0.2) is 17.3 Å². The fourth-order valence-corrected chi connectivity index (χ4v) is 5.03. The highest BCUT2D eigenvalue weighted by Crippen LogP contribution is 2.48. The molecule has 0 saturated heterocycles. The van der Waals surface area contributed by atoms with E-state index in [1.165, 1.54) is 7.11 Å². The Morgan fingerprint density at radius 1 is 1.03 bits per heavy atom. The van der Waals surface area contributed by atoms with Crippen LogP contribution in [0.3, 0.4) is 0 Å². The number of nitrogens with one attached hydrogen (secondary N) is 1. The molecular weight excluding hydrogens is 422 g/mol. The zero-order valence-electron chi connectivity index (χ0n) is 18.6. The first-order valence-electron chi connectivity index (χ1n) is 10.8. The Morgan fingerprint density at radius 3 is 2.48 bits per heavy atom. The van der Waals surface area contributed by atoms with Gasteiger partial charge in [0, 0.05) is 29.3 Å². The standard InChI is InChI=1S/C26H25NO6/c1-14-23(26(29)31-3)24(16-6-9-21-22(12-16)33-13-32-21)25-19(27-14)10-17(11-20(25)28)15-4-7-18(30-2)8-5-15/h4-9,12,17,23-24,27H,1,10-11,13H2,2-3H3. The van der Waals surface area contributed by atoms with Crippen LogP contribution < -0.4 is 19.5 Å². The van der Waals surface area contributed by atoms with E-state index in [1.807, 2.05) is 42.5 Å². The van der Waals surface area contributed by atoms with Crippen LogP contribution in [0.1, 0.15) is 35.8 Å². The van der Waals surface area contributed by atoms with E-state index in [0.29, 0.717) is 35.6 Å². The minimum atomic E-state index is -0.726. The van der Waals surface area contributed by atoms with E-state index in [1.54, 1.807) is 7.11 Å². The molecule has 170 valence electrons. The zero-order chi connectivity index (χ0) is 23.1. The maximum Gasteiger partial charge on any atom is 0.315 e. The van der Waals surface area contributed by atoms with Crippen molar-refractivity contribution in [1.82, 2.24) is 5.32 Å². The summed E-state index contributed by atoms with van der Waals surface area (Å²) in [6, 6.07) is 13.3. The van der Waals surface area contributed by atoms with Gasteiger partial charge in [0.05, 0.1) is 14.2 Å². The molecule has 5 rings (SSSR count). The molecule has 0 saturated carbocycles. The lowest BCUT2D eigenvalue weighted by atomic mass is 9.69. The molecule has 2 aromatic carbocycles. The number of fused-ring (bicyclic) bond motifs is 1. The van der Waals surface area contributed by atoms with Crippen LogP contribution in [0.5, 0.6) is 17.2 Å². The summed E-state index contributed by atoms with van der Waals surface area (Å²) in [7, 11) is 2.97. The molecule has 0 radical (unpaired) electrons. The van der Waals surface area contributed by atoms with Crippen molar-refractivity contribution in [3.05, 3.63) is 77.1 Å². The third-order valence-corrected chi connectivity index (χ3v) is 6.64. The number of carbonyl (C=O) groups is 2. The first-order valence-corrected chi connectivity index (χ1v) is 10.8. The van der Waals surface area contributed by atoms with Crippen molar-refractivity contribution < 1.29 is 28.5 Å². The molecule has 1 N–H and O–H groups in total. The van der Waals surface area contributed by atoms with Gasteiger partial charge in [-0.1, -0.05) is 24.8 Å². The van der Waals surface area contributed by atoms with E-state index in [9.17, 15) is 9.59 Å². The second-order valence-electron chi connectivity index (χ2n) is 8.44. The molecule has 2 aliphatic heterocycles. The van der Waals surface area contributed by atoms with Gasteiger partial charge < -0.3 is 24.3 Å². The number of Topliss-reactive ketones (excluding diaryl/α,β-unsaturated/α-hetero) is 1. The van der Waals surface area contributed by atoms with Crippen LogP contribution in [0.4, 0.5) is 0 Å². The van der Waals surface area contributed by atoms with Crippen molar-refractivity contribution in [2.24, 2.45) is 5.92 Å². The van der Waals surface area contributed by atoms with E-state index in [0.717, 1.165) is 22.6 Å². The molecule has 3 atom stereocenters. The second-order valence-corrected chi connectivity index (χ2v) is 8.44. The number of carbonyl (C=O) groups excluding carboxylic acids is 2. The van der Waals surface area contributed by atoms with Gasteiger partial charge in [-0.2, -0.15) is 0 Å². The second kappa shape index (κ2) is 8.31. The lowest BCUT2D eigenvalue weighted by Gasteiger charge is -2.40. The highest BCUT2D eigenvalue weighted by Gasteiger charge is 2.45. The topological polar surface area (TPSA) is 83.1 Å². The van der Waals surface area contributed by atoms with Crippen LogP contribution in [-0.2, 0) is 14.3 Å². The summed E-state index contributed by atoms with van der Waals surface area (Å²) in [5, 5.41) is 3.27. The van der Waals surface area contributed by atoms with Gasteiger partial charge in [0.2, 0.25) is 6.79 Å². The van der Waals surface area contributed by atoms with Crippen LogP contribution in [0.15, 0.2) is 66.0 Å². The van der Waals surface area contributed by atoms with Crippen LogP contribution in [0, 0.1) is 5.92 Å². The summed E-state index contributed by atoms with van der Waals surface area (Å²) in [5.41, 5.74) is 3.80. The average Bonchev–Trinajstić information content (AvgIpc) is 3.30. The molecule has 2 heterocycles. The number of ketones is 1. The Balaban J connectivity index is 1.57. The SMILES string of the molecule is C=C1NC2=C(C(=O)CC(c3ccc(OC)cc3)C2)C(c2ccc3c(c2)OCO3)C1C(=O)OC. The van der Waals surface area contributed by atoms with Crippen LogP contribution in [0.2, 0.25) is 0 Å². The molecule has 2 aromatic rings. The van der Waals surface area contributed by atoms with Crippen molar-refractivity contribution >= 4 is 11.8 Å². The number of hydrogen-bond donors (Lipinski definition) is 1. The number of benzene rings is 2. The van der Waals surface area contributed by atoms with E-state index >= 15 is 0 Å². The molecule has 33 heavy (non-hydrogen) atoms. The molecule has 0 aromatic heterocycles. The molecule has 0 spiro atoms. The first kappa shape index (κ1) is 21.1. The Labute approximate surface area is 192 Å². The van der Waals surface area contributed by atoms with E-state index in [2.05, 4.69) is 11.9 Å². The number of hydrogen-bond acceptors (Lipinski definition) is 7. The van der Waals surface area contributed by atoms with Crippen molar-refractivity contribution in [3.8, 4) is 17.2 Å². The number of methoxy groups -OCH3 is 2. The summed E-state index contributed by atoms with van der Waals surface area (Å²) >= 11 is 0.